The normalized spacial score (nSPS) is 12.0. The van der Waals surface area contributed by atoms with E-state index >= 15 is 0 Å². The minimum Gasteiger partial charge on any atom is -0.458 e. The molecule has 2 aliphatic rings. The van der Waals surface area contributed by atoms with E-state index in [0.29, 0.717) is 0 Å². The van der Waals surface area contributed by atoms with Crippen LogP contribution in [0, 0.1) is 0 Å². The van der Waals surface area contributed by atoms with Crippen LogP contribution >= 0.6 is 0 Å². The molecule has 0 saturated heterocycles. The van der Waals surface area contributed by atoms with Gasteiger partial charge in [-0.3, -0.25) is 0 Å². The Kier molecular flexibility index (Phi) is 7.25. The molecule has 0 atom stereocenters. The van der Waals surface area contributed by atoms with E-state index in [-0.39, 0.29) is 6.71 Å². The van der Waals surface area contributed by atoms with E-state index < -0.39 is 0 Å². The summed E-state index contributed by atoms with van der Waals surface area (Å²) in [6.07, 6.45) is 0. The van der Waals surface area contributed by atoms with Gasteiger partial charge in [-0.05, 0) is 112 Å². The first-order chi connectivity index (χ1) is 25.8. The third-order valence-electron chi connectivity index (χ3n) is 10.3. The molecule has 2 heterocycles. The van der Waals surface area contributed by atoms with E-state index in [9.17, 15) is 0 Å². The first-order valence-corrected chi connectivity index (χ1v) is 17.8. The molecule has 8 aromatic rings. The lowest BCUT2D eigenvalue weighted by atomic mass is 9.38. The molecular formula is C48H33BN2O. The highest BCUT2D eigenvalue weighted by Gasteiger charge is 2.42. The highest BCUT2D eigenvalue weighted by atomic mass is 16.5. The number of rotatable bonds is 7. The molecule has 10 rings (SSSR count). The van der Waals surface area contributed by atoms with Gasteiger partial charge in [-0.2, -0.15) is 0 Å². The van der Waals surface area contributed by atoms with Gasteiger partial charge >= 0.3 is 0 Å². The molecular weight excluding hydrogens is 631 g/mol. The van der Waals surface area contributed by atoms with Crippen LogP contribution in [-0.4, -0.2) is 6.71 Å². The first-order valence-electron chi connectivity index (χ1n) is 17.8. The van der Waals surface area contributed by atoms with Crippen LogP contribution in [0.25, 0.3) is 22.3 Å². The van der Waals surface area contributed by atoms with Gasteiger partial charge in [0.1, 0.15) is 11.5 Å². The number of hydrogen-bond donors (Lipinski definition) is 0. The summed E-state index contributed by atoms with van der Waals surface area (Å²) in [5.41, 5.74) is 15.1. The minimum absolute atomic E-state index is 0.0560. The lowest BCUT2D eigenvalue weighted by Crippen LogP contribution is -2.52. The molecule has 244 valence electrons. The molecule has 8 aromatic carbocycles. The number of para-hydroxylation sites is 4. The maximum atomic E-state index is 7.00. The van der Waals surface area contributed by atoms with Crippen molar-refractivity contribution >= 4 is 57.2 Å². The molecule has 4 heteroatoms. The lowest BCUT2D eigenvalue weighted by Gasteiger charge is -2.29. The maximum absolute atomic E-state index is 7.00. The van der Waals surface area contributed by atoms with E-state index in [0.717, 1.165) is 51.2 Å². The molecule has 52 heavy (non-hydrogen) atoms. The summed E-state index contributed by atoms with van der Waals surface area (Å²) in [5.74, 6) is 1.80. The Balaban J connectivity index is 1.16. The molecule has 0 bridgehead atoms. The van der Waals surface area contributed by atoms with Gasteiger partial charge < -0.3 is 14.5 Å². The summed E-state index contributed by atoms with van der Waals surface area (Å²) in [5, 5.41) is 0. The van der Waals surface area contributed by atoms with Crippen LogP contribution in [0.3, 0.4) is 0 Å². The van der Waals surface area contributed by atoms with Crippen molar-refractivity contribution in [1.82, 2.24) is 0 Å². The highest BCUT2D eigenvalue weighted by molar-refractivity contribution is 7.00. The van der Waals surface area contributed by atoms with E-state index in [1.807, 2.05) is 0 Å². The Morgan fingerprint density at radius 1 is 0.327 bits per heavy atom. The number of anilines is 6. The second-order valence-electron chi connectivity index (χ2n) is 13.3. The molecule has 0 fully saturated rings. The van der Waals surface area contributed by atoms with Crippen molar-refractivity contribution in [3.63, 3.8) is 0 Å². The van der Waals surface area contributed by atoms with E-state index in [4.69, 9.17) is 4.74 Å². The largest absolute Gasteiger partial charge is 0.458 e. The van der Waals surface area contributed by atoms with Crippen molar-refractivity contribution in [3.05, 3.63) is 200 Å². The van der Waals surface area contributed by atoms with Crippen LogP contribution in [0.4, 0.5) is 34.1 Å². The molecule has 0 spiro atoms. The van der Waals surface area contributed by atoms with Crippen molar-refractivity contribution in [1.29, 1.82) is 0 Å². The number of ether oxygens (including phenoxy) is 1. The van der Waals surface area contributed by atoms with Crippen molar-refractivity contribution in [3.8, 4) is 33.8 Å². The number of fused-ring (bicyclic) bond motifs is 5. The van der Waals surface area contributed by atoms with Crippen LogP contribution in [0.1, 0.15) is 0 Å². The predicted octanol–water partition coefficient (Wildman–Crippen LogP) is 10.9. The average Bonchev–Trinajstić information content (AvgIpc) is 3.54. The molecule has 0 radical (unpaired) electrons. The SMILES string of the molecule is c1ccc(-c2cc3c4c(c2)-c2cc(N(c5ccccc5)c5ccccc5)ccc2B4c2ccc(N(c4ccccc4)c4ccccc4)cc2O3)cc1. The van der Waals surface area contributed by atoms with E-state index in [1.54, 1.807) is 0 Å². The molecule has 0 saturated carbocycles. The van der Waals surface area contributed by atoms with E-state index in [1.165, 1.54) is 33.1 Å². The summed E-state index contributed by atoms with van der Waals surface area (Å²) in [6, 6.07) is 71.3. The van der Waals surface area contributed by atoms with Crippen LogP contribution < -0.4 is 30.9 Å². The minimum atomic E-state index is 0.0560. The van der Waals surface area contributed by atoms with Crippen molar-refractivity contribution in [2.24, 2.45) is 0 Å². The van der Waals surface area contributed by atoms with Gasteiger partial charge in [-0.1, -0.05) is 121 Å². The fourth-order valence-electron chi connectivity index (χ4n) is 7.99. The zero-order chi connectivity index (χ0) is 34.4. The second kappa shape index (κ2) is 12.5. The third-order valence-corrected chi connectivity index (χ3v) is 10.3. The quantitative estimate of drug-likeness (QED) is 0.158. The standard InChI is InChI=1S/C48H33BN2O/c1-6-16-34(17-7-1)35-30-43-42-32-40(50(36-18-8-2-9-19-36)37-20-10-3-11-21-37)26-28-44(42)49-45-29-27-41(33-46(45)52-47(31-35)48(43)49)51(38-22-12-4-13-23-38)39-24-14-5-15-25-39/h1-33H. The van der Waals surface area contributed by atoms with Crippen LogP contribution in [0.15, 0.2) is 200 Å². The van der Waals surface area contributed by atoms with E-state index in [2.05, 4.69) is 210 Å². The molecule has 0 amide bonds. The van der Waals surface area contributed by atoms with Crippen LogP contribution in [0.2, 0.25) is 0 Å². The summed E-state index contributed by atoms with van der Waals surface area (Å²) in [4.78, 5) is 4.63. The fraction of sp³-hybridized carbons (Fsp3) is 0. The molecule has 2 aliphatic heterocycles. The topological polar surface area (TPSA) is 15.7 Å². The Bertz CT molecular complexity index is 2460. The zero-order valence-electron chi connectivity index (χ0n) is 28.4. The monoisotopic (exact) mass is 664 g/mol. The number of hydrogen-bond acceptors (Lipinski definition) is 3. The van der Waals surface area contributed by atoms with Crippen molar-refractivity contribution < 1.29 is 4.74 Å². The van der Waals surface area contributed by atoms with Gasteiger partial charge in [0.05, 0.1) is 0 Å². The van der Waals surface area contributed by atoms with Gasteiger partial charge in [0.2, 0.25) is 0 Å². The Morgan fingerprint density at radius 3 is 1.31 bits per heavy atom. The number of nitrogens with zero attached hydrogens (tertiary/aromatic N) is 2. The third kappa shape index (κ3) is 5.08. The van der Waals surface area contributed by atoms with Gasteiger partial charge in [0.25, 0.3) is 6.71 Å². The smallest absolute Gasteiger partial charge is 0.252 e. The summed E-state index contributed by atoms with van der Waals surface area (Å²) in [7, 11) is 0. The Labute approximate surface area is 304 Å². The number of benzene rings is 8. The summed E-state index contributed by atoms with van der Waals surface area (Å²) in [6.45, 7) is 0.0560. The molecule has 3 nitrogen and oxygen atoms in total. The molecule has 0 N–H and O–H groups in total. The Morgan fingerprint density at radius 2 is 0.788 bits per heavy atom. The van der Waals surface area contributed by atoms with Gasteiger partial charge in [-0.25, -0.2) is 0 Å². The van der Waals surface area contributed by atoms with Crippen molar-refractivity contribution in [2.45, 2.75) is 0 Å². The molecule has 0 aromatic heterocycles. The summed E-state index contributed by atoms with van der Waals surface area (Å²) < 4.78 is 7.00. The second-order valence-corrected chi connectivity index (χ2v) is 13.3. The lowest BCUT2D eigenvalue weighted by molar-refractivity contribution is 0.488. The fourth-order valence-corrected chi connectivity index (χ4v) is 7.99. The average molecular weight is 665 g/mol. The Hall–Kier alpha value is -6.78. The highest BCUT2D eigenvalue weighted by Crippen LogP contribution is 2.43. The first kappa shape index (κ1) is 30.1. The maximum Gasteiger partial charge on any atom is 0.252 e. The van der Waals surface area contributed by atoms with Crippen molar-refractivity contribution in [2.75, 3.05) is 9.80 Å². The van der Waals surface area contributed by atoms with Gasteiger partial charge in [0, 0.05) is 40.2 Å². The van der Waals surface area contributed by atoms with Gasteiger partial charge in [-0.15, -0.1) is 0 Å². The predicted molar refractivity (Wildman–Crippen MR) is 218 cm³/mol. The molecule has 0 aliphatic carbocycles. The molecule has 0 unspecified atom stereocenters. The zero-order valence-corrected chi connectivity index (χ0v) is 28.4. The summed E-state index contributed by atoms with van der Waals surface area (Å²) >= 11 is 0. The van der Waals surface area contributed by atoms with Gasteiger partial charge in [0.15, 0.2) is 0 Å². The van der Waals surface area contributed by atoms with Crippen LogP contribution in [0.5, 0.6) is 11.5 Å². The van der Waals surface area contributed by atoms with Crippen LogP contribution in [-0.2, 0) is 0 Å².